The zero-order valence-corrected chi connectivity index (χ0v) is 13.9. The van der Waals surface area contributed by atoms with Crippen LogP contribution in [-0.2, 0) is 14.3 Å². The van der Waals surface area contributed by atoms with Crippen molar-refractivity contribution in [2.45, 2.75) is 44.7 Å². The van der Waals surface area contributed by atoms with Gasteiger partial charge in [-0.25, -0.2) is 0 Å². The first-order chi connectivity index (χ1) is 11.0. The number of piperidine rings is 1. The normalized spacial score (nSPS) is 24.7. The maximum Gasteiger partial charge on any atom is 0.323 e. The van der Waals surface area contributed by atoms with Crippen molar-refractivity contribution < 1.29 is 14.3 Å². The predicted molar refractivity (Wildman–Crippen MR) is 88.5 cm³/mol. The van der Waals surface area contributed by atoms with E-state index < -0.39 is 6.04 Å². The molecule has 1 N–H and O–H groups in total. The molecule has 2 aliphatic heterocycles. The van der Waals surface area contributed by atoms with Crippen molar-refractivity contribution in [3.63, 3.8) is 0 Å². The molecule has 0 unspecified atom stereocenters. The Morgan fingerprint density at radius 2 is 2.26 bits per heavy atom. The molecule has 5 nitrogen and oxygen atoms in total. The van der Waals surface area contributed by atoms with Gasteiger partial charge in [-0.1, -0.05) is 24.1 Å². The third-order valence-electron chi connectivity index (χ3n) is 4.60. The smallest absolute Gasteiger partial charge is 0.323 e. The van der Waals surface area contributed by atoms with E-state index in [2.05, 4.69) is 10.2 Å². The van der Waals surface area contributed by atoms with E-state index in [1.54, 1.807) is 6.07 Å². The van der Waals surface area contributed by atoms with Crippen LogP contribution in [0.25, 0.3) is 0 Å². The number of anilines is 1. The molecule has 2 saturated heterocycles. The van der Waals surface area contributed by atoms with Crippen LogP contribution in [0.2, 0.25) is 5.02 Å². The van der Waals surface area contributed by atoms with Crippen LogP contribution in [0.4, 0.5) is 5.69 Å². The number of carbonyl (C=O) groups excluding carboxylic acids is 2. The fraction of sp³-hybridized carbons (Fsp3) is 0.529. The van der Waals surface area contributed by atoms with Gasteiger partial charge in [-0.05, 0) is 44.0 Å². The maximum absolute atomic E-state index is 12.3. The van der Waals surface area contributed by atoms with Crippen molar-refractivity contribution in [1.29, 1.82) is 0 Å². The number of rotatable bonds is 3. The summed E-state index contributed by atoms with van der Waals surface area (Å²) in [6, 6.07) is 5.16. The van der Waals surface area contributed by atoms with E-state index >= 15 is 0 Å². The van der Waals surface area contributed by atoms with E-state index in [4.69, 9.17) is 16.3 Å². The summed E-state index contributed by atoms with van der Waals surface area (Å²) >= 11 is 6.07. The van der Waals surface area contributed by atoms with Gasteiger partial charge in [0.15, 0.2) is 0 Å². The van der Waals surface area contributed by atoms with Crippen LogP contribution in [0.3, 0.4) is 0 Å². The van der Waals surface area contributed by atoms with Crippen molar-refractivity contribution in [2.75, 3.05) is 18.5 Å². The number of benzene rings is 1. The molecule has 2 aliphatic rings. The summed E-state index contributed by atoms with van der Waals surface area (Å²) in [5, 5.41) is 3.42. The zero-order chi connectivity index (χ0) is 16.4. The lowest BCUT2D eigenvalue weighted by molar-refractivity contribution is -0.165. The Bertz CT molecular complexity index is 620. The lowest BCUT2D eigenvalue weighted by atomic mass is 9.97. The number of fused-ring (bicyclic) bond motifs is 1. The van der Waals surface area contributed by atoms with E-state index in [0.29, 0.717) is 17.3 Å². The Kier molecular flexibility index (Phi) is 4.87. The molecule has 0 aliphatic carbocycles. The number of halogens is 1. The van der Waals surface area contributed by atoms with Crippen LogP contribution in [0.1, 0.15) is 31.2 Å². The van der Waals surface area contributed by atoms with Crippen LogP contribution in [0, 0.1) is 6.92 Å². The van der Waals surface area contributed by atoms with E-state index in [0.717, 1.165) is 31.4 Å². The summed E-state index contributed by atoms with van der Waals surface area (Å²) in [5.74, 6) is -0.488. The number of nitrogens with zero attached hydrogens (tertiary/aromatic N) is 1. The molecule has 2 heterocycles. The molecule has 23 heavy (non-hydrogen) atoms. The molecule has 2 atom stereocenters. The zero-order valence-electron chi connectivity index (χ0n) is 13.2. The molecule has 0 radical (unpaired) electrons. The van der Waals surface area contributed by atoms with Crippen LogP contribution in [0.15, 0.2) is 18.2 Å². The second-order valence-corrected chi connectivity index (χ2v) is 6.66. The molecule has 0 saturated carbocycles. The Hall–Kier alpha value is -1.59. The quantitative estimate of drug-likeness (QED) is 0.862. The highest BCUT2D eigenvalue weighted by molar-refractivity contribution is 6.31. The van der Waals surface area contributed by atoms with Crippen molar-refractivity contribution in [2.24, 2.45) is 0 Å². The predicted octanol–water partition coefficient (Wildman–Crippen LogP) is 2.76. The van der Waals surface area contributed by atoms with Crippen molar-refractivity contribution in [3.8, 4) is 0 Å². The molecule has 0 spiro atoms. The Morgan fingerprint density at radius 3 is 3.04 bits per heavy atom. The second-order valence-electron chi connectivity index (χ2n) is 6.25. The number of esters is 1. The SMILES string of the molecule is Cc1ccc(NC(=O)C[C@H]2C(=O)OC[C@@H]3CCCCN32)cc1Cl. The highest BCUT2D eigenvalue weighted by atomic mass is 35.5. The number of ether oxygens (including phenoxy) is 1. The summed E-state index contributed by atoms with van der Waals surface area (Å²) in [5.41, 5.74) is 1.60. The van der Waals surface area contributed by atoms with Crippen molar-refractivity contribution in [1.82, 2.24) is 4.90 Å². The van der Waals surface area contributed by atoms with Crippen LogP contribution in [0.5, 0.6) is 0 Å². The van der Waals surface area contributed by atoms with Crippen molar-refractivity contribution in [3.05, 3.63) is 28.8 Å². The number of hydrogen-bond acceptors (Lipinski definition) is 4. The molecule has 2 fully saturated rings. The number of aryl methyl sites for hydroxylation is 1. The van der Waals surface area contributed by atoms with E-state index in [1.165, 1.54) is 0 Å². The standard InChI is InChI=1S/C17H21ClN2O3/c1-11-5-6-12(8-14(11)18)19-16(21)9-15-17(22)23-10-13-4-2-3-7-20(13)15/h5-6,8,13,15H,2-4,7,9-10H2,1H3,(H,19,21)/t13-,15-/m0/s1. The Balaban J connectivity index is 1.65. The topological polar surface area (TPSA) is 58.6 Å². The molecule has 1 amide bonds. The van der Waals surface area contributed by atoms with Gasteiger partial charge in [0.25, 0.3) is 0 Å². The molecule has 124 valence electrons. The highest BCUT2D eigenvalue weighted by Gasteiger charge is 2.40. The number of amides is 1. The van der Waals surface area contributed by atoms with Gasteiger partial charge >= 0.3 is 5.97 Å². The minimum absolute atomic E-state index is 0.112. The van der Waals surface area contributed by atoms with E-state index in [-0.39, 0.29) is 24.3 Å². The minimum Gasteiger partial charge on any atom is -0.463 e. The van der Waals surface area contributed by atoms with Gasteiger partial charge in [0.05, 0.1) is 6.42 Å². The van der Waals surface area contributed by atoms with Crippen molar-refractivity contribution >= 4 is 29.2 Å². The van der Waals surface area contributed by atoms with Gasteiger partial charge in [0.2, 0.25) is 5.91 Å². The average Bonchev–Trinajstić information content (AvgIpc) is 2.54. The number of carbonyl (C=O) groups is 2. The first kappa shape index (κ1) is 16.3. The van der Waals surface area contributed by atoms with Gasteiger partial charge in [-0.2, -0.15) is 0 Å². The lowest BCUT2D eigenvalue weighted by Crippen LogP contribution is -2.57. The third kappa shape index (κ3) is 3.67. The first-order valence-electron chi connectivity index (χ1n) is 8.03. The van der Waals surface area contributed by atoms with Gasteiger partial charge in [0, 0.05) is 16.8 Å². The number of hydrogen-bond donors (Lipinski definition) is 1. The van der Waals surface area contributed by atoms with Gasteiger partial charge in [-0.15, -0.1) is 0 Å². The Morgan fingerprint density at radius 1 is 1.43 bits per heavy atom. The molecule has 6 heteroatoms. The number of morpholine rings is 1. The molecule has 1 aromatic carbocycles. The molecule has 3 rings (SSSR count). The average molecular weight is 337 g/mol. The van der Waals surface area contributed by atoms with Crippen LogP contribution in [-0.4, -0.2) is 42.0 Å². The van der Waals surface area contributed by atoms with Gasteiger partial charge in [0.1, 0.15) is 12.6 Å². The monoisotopic (exact) mass is 336 g/mol. The lowest BCUT2D eigenvalue weighted by Gasteiger charge is -2.43. The number of nitrogens with one attached hydrogen (secondary N) is 1. The molecule has 1 aromatic rings. The summed E-state index contributed by atoms with van der Waals surface area (Å²) in [6.45, 7) is 3.21. The summed E-state index contributed by atoms with van der Waals surface area (Å²) < 4.78 is 5.26. The number of cyclic esters (lactones) is 1. The maximum atomic E-state index is 12.3. The highest BCUT2D eigenvalue weighted by Crippen LogP contribution is 2.26. The summed E-state index contributed by atoms with van der Waals surface area (Å²) in [7, 11) is 0. The third-order valence-corrected chi connectivity index (χ3v) is 5.00. The summed E-state index contributed by atoms with van der Waals surface area (Å²) in [4.78, 5) is 26.5. The Labute approximate surface area is 140 Å². The minimum atomic E-state index is -0.477. The van der Waals surface area contributed by atoms with Gasteiger partial charge in [-0.3, -0.25) is 14.5 Å². The van der Waals surface area contributed by atoms with E-state index in [9.17, 15) is 9.59 Å². The molecule has 0 bridgehead atoms. The fourth-order valence-electron chi connectivity index (χ4n) is 3.28. The molecular weight excluding hydrogens is 316 g/mol. The van der Waals surface area contributed by atoms with Gasteiger partial charge < -0.3 is 10.1 Å². The molecular formula is C17H21ClN2O3. The second kappa shape index (κ2) is 6.89. The summed E-state index contributed by atoms with van der Waals surface area (Å²) in [6.07, 6.45) is 3.36. The van der Waals surface area contributed by atoms with E-state index in [1.807, 2.05) is 19.1 Å². The van der Waals surface area contributed by atoms with Crippen LogP contribution >= 0.6 is 11.6 Å². The first-order valence-corrected chi connectivity index (χ1v) is 8.41. The molecule has 0 aromatic heterocycles. The van der Waals surface area contributed by atoms with Crippen LogP contribution < -0.4 is 5.32 Å². The largest absolute Gasteiger partial charge is 0.463 e. The fourth-order valence-corrected chi connectivity index (χ4v) is 3.46.